The number of furan rings is 1. The Kier molecular flexibility index (Phi) is 7.01. The van der Waals surface area contributed by atoms with Crippen LogP contribution in [0.5, 0.6) is 0 Å². The number of hydrogen-bond donors (Lipinski definition) is 1. The number of nitrogens with zero attached hydrogens (tertiary/aromatic N) is 3. The maximum absolute atomic E-state index is 13.6. The molecule has 1 aromatic carbocycles. The Morgan fingerprint density at radius 3 is 2.41 bits per heavy atom. The highest BCUT2D eigenvalue weighted by Crippen LogP contribution is 2.34. The predicted octanol–water partition coefficient (Wildman–Crippen LogP) is 2.92. The van der Waals surface area contributed by atoms with Crippen molar-refractivity contribution in [3.63, 3.8) is 0 Å². The van der Waals surface area contributed by atoms with Crippen molar-refractivity contribution in [2.75, 3.05) is 38.1 Å². The number of hydrogen-bond acceptors (Lipinski definition) is 5. The standard InChI is InChI=1S/C20H22FN3O3.C2HF3O2/c1-14-6-9-27-18(14)19(26)23-8-7-20(12-23)13-24(17(25)11-22(20)2)16-5-3-4-15(21)10-16;3-2(4,5)1(6)7/h3-6,9-10H,7-8,11-13H2,1-2H3;(H,6,7). The van der Waals surface area contributed by atoms with Gasteiger partial charge in [-0.3, -0.25) is 14.5 Å². The van der Waals surface area contributed by atoms with Crippen molar-refractivity contribution in [1.29, 1.82) is 0 Å². The molecule has 184 valence electrons. The van der Waals surface area contributed by atoms with E-state index in [1.54, 1.807) is 28.0 Å². The number of amides is 2. The zero-order valence-corrected chi connectivity index (χ0v) is 18.4. The number of halogens is 4. The average molecular weight is 485 g/mol. The van der Waals surface area contributed by atoms with Gasteiger partial charge in [-0.25, -0.2) is 9.18 Å². The molecule has 1 aromatic heterocycles. The summed E-state index contributed by atoms with van der Waals surface area (Å²) in [5.74, 6) is -2.96. The number of likely N-dealkylation sites (tertiary alicyclic amines) is 1. The summed E-state index contributed by atoms with van der Waals surface area (Å²) in [5, 5.41) is 7.12. The number of anilines is 1. The number of alkyl halides is 3. The quantitative estimate of drug-likeness (QED) is 0.658. The molecule has 2 aromatic rings. The lowest BCUT2D eigenvalue weighted by Crippen LogP contribution is -2.64. The van der Waals surface area contributed by atoms with Crippen molar-refractivity contribution >= 4 is 23.5 Å². The fourth-order valence-electron chi connectivity index (χ4n) is 4.04. The summed E-state index contributed by atoms with van der Waals surface area (Å²) in [6, 6.07) is 7.86. The van der Waals surface area contributed by atoms with Crippen LogP contribution in [0, 0.1) is 12.7 Å². The average Bonchev–Trinajstić information content (AvgIpc) is 3.37. The molecule has 0 saturated carbocycles. The van der Waals surface area contributed by atoms with Crippen molar-refractivity contribution in [2.45, 2.75) is 25.1 Å². The van der Waals surface area contributed by atoms with E-state index in [4.69, 9.17) is 14.3 Å². The number of aliphatic carboxylic acids is 1. The van der Waals surface area contributed by atoms with Gasteiger partial charge < -0.3 is 19.3 Å². The van der Waals surface area contributed by atoms with Gasteiger partial charge >= 0.3 is 12.1 Å². The van der Waals surface area contributed by atoms with Gasteiger partial charge in [-0.1, -0.05) is 6.07 Å². The minimum absolute atomic E-state index is 0.0691. The second-order valence-electron chi connectivity index (χ2n) is 8.25. The Balaban J connectivity index is 0.000000406. The van der Waals surface area contributed by atoms with Gasteiger partial charge in [0.25, 0.3) is 5.91 Å². The first kappa shape index (κ1) is 25.2. The third-order valence-electron chi connectivity index (χ3n) is 5.97. The van der Waals surface area contributed by atoms with Gasteiger partial charge in [0.05, 0.1) is 18.3 Å². The molecule has 34 heavy (non-hydrogen) atoms. The number of aryl methyl sites for hydroxylation is 1. The maximum atomic E-state index is 13.6. The first-order valence-corrected chi connectivity index (χ1v) is 10.2. The number of carbonyl (C=O) groups excluding carboxylic acids is 2. The number of likely N-dealkylation sites (N-methyl/N-ethyl adjacent to an activating group) is 1. The molecule has 0 aliphatic carbocycles. The van der Waals surface area contributed by atoms with Crippen LogP contribution < -0.4 is 4.90 Å². The van der Waals surface area contributed by atoms with Gasteiger partial charge in [-0.15, -0.1) is 0 Å². The molecular weight excluding hydrogens is 462 g/mol. The number of benzene rings is 1. The first-order valence-electron chi connectivity index (χ1n) is 10.2. The Bertz CT molecular complexity index is 1090. The molecule has 2 fully saturated rings. The molecule has 0 radical (unpaired) electrons. The van der Waals surface area contributed by atoms with E-state index < -0.39 is 12.1 Å². The third-order valence-corrected chi connectivity index (χ3v) is 5.97. The van der Waals surface area contributed by atoms with E-state index in [9.17, 15) is 27.2 Å². The number of carboxylic acids is 1. The van der Waals surface area contributed by atoms with Crippen LogP contribution >= 0.6 is 0 Å². The normalized spacial score (nSPS) is 20.9. The lowest BCUT2D eigenvalue weighted by atomic mass is 9.92. The summed E-state index contributed by atoms with van der Waals surface area (Å²) in [6.45, 7) is 3.60. The first-order chi connectivity index (χ1) is 15.8. The Morgan fingerprint density at radius 1 is 1.18 bits per heavy atom. The van der Waals surface area contributed by atoms with E-state index in [0.717, 1.165) is 12.0 Å². The fraction of sp³-hybridized carbons (Fsp3) is 0.409. The van der Waals surface area contributed by atoms with Gasteiger partial charge in [-0.05, 0) is 44.7 Å². The molecule has 1 atom stereocenters. The summed E-state index contributed by atoms with van der Waals surface area (Å²) >= 11 is 0. The number of rotatable bonds is 2. The van der Waals surface area contributed by atoms with Gasteiger partial charge in [0.2, 0.25) is 5.91 Å². The van der Waals surface area contributed by atoms with Crippen LogP contribution in [0.15, 0.2) is 41.0 Å². The monoisotopic (exact) mass is 485 g/mol. The Hall–Kier alpha value is -3.41. The van der Waals surface area contributed by atoms with E-state index in [0.29, 0.717) is 31.1 Å². The molecule has 1 N–H and O–H groups in total. The maximum Gasteiger partial charge on any atom is 0.490 e. The highest BCUT2D eigenvalue weighted by Gasteiger charge is 2.49. The minimum Gasteiger partial charge on any atom is -0.475 e. The summed E-state index contributed by atoms with van der Waals surface area (Å²) in [4.78, 5) is 39.7. The van der Waals surface area contributed by atoms with E-state index in [1.165, 1.54) is 18.4 Å². The van der Waals surface area contributed by atoms with Crippen molar-refractivity contribution in [2.24, 2.45) is 0 Å². The van der Waals surface area contributed by atoms with E-state index in [2.05, 4.69) is 0 Å². The van der Waals surface area contributed by atoms with Gasteiger partial charge in [0.15, 0.2) is 5.76 Å². The number of piperazine rings is 1. The zero-order chi connectivity index (χ0) is 25.3. The van der Waals surface area contributed by atoms with E-state index >= 15 is 0 Å². The summed E-state index contributed by atoms with van der Waals surface area (Å²) in [5.41, 5.74) is 1.02. The fourth-order valence-corrected chi connectivity index (χ4v) is 4.04. The largest absolute Gasteiger partial charge is 0.490 e. The summed E-state index contributed by atoms with van der Waals surface area (Å²) in [7, 11) is 1.91. The topological polar surface area (TPSA) is 94.3 Å². The second kappa shape index (κ2) is 9.45. The second-order valence-corrected chi connectivity index (χ2v) is 8.25. The summed E-state index contributed by atoms with van der Waals surface area (Å²) < 4.78 is 50.7. The molecule has 1 spiro atoms. The van der Waals surface area contributed by atoms with Crippen molar-refractivity contribution in [1.82, 2.24) is 9.80 Å². The molecule has 0 bridgehead atoms. The number of carboxylic acid groups (broad SMARTS) is 1. The van der Waals surface area contributed by atoms with Gasteiger partial charge in [-0.2, -0.15) is 13.2 Å². The molecule has 3 heterocycles. The molecule has 4 rings (SSSR count). The SMILES string of the molecule is Cc1ccoc1C(=O)N1CCC2(C1)CN(c1cccc(F)c1)C(=O)CN2C.O=C(O)C(F)(F)F. The highest BCUT2D eigenvalue weighted by atomic mass is 19.4. The lowest BCUT2D eigenvalue weighted by molar-refractivity contribution is -0.192. The van der Waals surface area contributed by atoms with Crippen LogP contribution in [0.2, 0.25) is 0 Å². The molecule has 12 heteroatoms. The molecular formula is C22H23F4N3O5. The molecule has 2 aliphatic heterocycles. The van der Waals surface area contributed by atoms with Crippen molar-refractivity contribution < 1.29 is 41.5 Å². The minimum atomic E-state index is -5.08. The van der Waals surface area contributed by atoms with E-state index in [-0.39, 0.29) is 29.7 Å². The van der Waals surface area contributed by atoms with E-state index in [1.807, 2.05) is 18.9 Å². The lowest BCUT2D eigenvalue weighted by Gasteiger charge is -2.46. The third kappa shape index (κ3) is 5.22. The predicted molar refractivity (Wildman–Crippen MR) is 112 cm³/mol. The smallest absolute Gasteiger partial charge is 0.475 e. The highest BCUT2D eigenvalue weighted by molar-refractivity contribution is 5.96. The van der Waals surface area contributed by atoms with Crippen LogP contribution in [-0.2, 0) is 9.59 Å². The Labute approximate surface area is 192 Å². The van der Waals surface area contributed by atoms with Crippen LogP contribution in [0.3, 0.4) is 0 Å². The van der Waals surface area contributed by atoms with Crippen molar-refractivity contribution in [3.05, 3.63) is 53.7 Å². The summed E-state index contributed by atoms with van der Waals surface area (Å²) in [6.07, 6.45) is -2.82. The molecule has 2 saturated heterocycles. The molecule has 8 nitrogen and oxygen atoms in total. The van der Waals surface area contributed by atoms with Gasteiger partial charge in [0.1, 0.15) is 5.82 Å². The van der Waals surface area contributed by atoms with Gasteiger partial charge in [0, 0.05) is 30.9 Å². The molecule has 2 amide bonds. The van der Waals surface area contributed by atoms with Crippen LogP contribution in [0.1, 0.15) is 22.5 Å². The van der Waals surface area contributed by atoms with Crippen LogP contribution in [0.25, 0.3) is 0 Å². The zero-order valence-electron chi connectivity index (χ0n) is 18.4. The van der Waals surface area contributed by atoms with Crippen LogP contribution in [0.4, 0.5) is 23.2 Å². The molecule has 1 unspecified atom stereocenters. The number of carbonyl (C=O) groups is 3. The molecule has 2 aliphatic rings. The van der Waals surface area contributed by atoms with Crippen molar-refractivity contribution in [3.8, 4) is 0 Å². The van der Waals surface area contributed by atoms with Crippen LogP contribution in [-0.4, -0.2) is 77.6 Å². The Morgan fingerprint density at radius 2 is 1.85 bits per heavy atom.